The first kappa shape index (κ1) is 17.5. The van der Waals surface area contributed by atoms with Gasteiger partial charge in [-0.05, 0) is 30.7 Å². The van der Waals surface area contributed by atoms with E-state index in [2.05, 4.69) is 9.97 Å². The van der Waals surface area contributed by atoms with Crippen LogP contribution in [0.4, 0.5) is 19.0 Å². The number of rotatable bonds is 2. The molecule has 3 heterocycles. The first-order valence-electron chi connectivity index (χ1n) is 8.34. The van der Waals surface area contributed by atoms with E-state index in [1.807, 2.05) is 0 Å². The standard InChI is InChI=1S/C18H15F3N4O2/c19-18(20,21)14-7-6-13-15(24-9-8-12(26)10-24)23-17(27)25(16(13)22-14)11-4-2-1-3-5-11/h1-7,12,26H,8-10H2/t12-/m1/s1. The van der Waals surface area contributed by atoms with Crippen LogP contribution in [0.5, 0.6) is 0 Å². The molecule has 1 aromatic carbocycles. The maximum Gasteiger partial charge on any atom is 0.433 e. The van der Waals surface area contributed by atoms with Crippen LogP contribution in [0.15, 0.2) is 47.3 Å². The largest absolute Gasteiger partial charge is 0.433 e. The Kier molecular flexibility index (Phi) is 4.11. The molecule has 9 heteroatoms. The van der Waals surface area contributed by atoms with Crippen LogP contribution in [-0.2, 0) is 6.18 Å². The number of β-amino-alcohol motifs (C(OH)–C–C–N with tert-alkyl or cyclic N) is 1. The molecule has 1 aliphatic heterocycles. The minimum absolute atomic E-state index is 0.118. The SMILES string of the molecule is O=c1nc(N2CC[C@@H](O)C2)c2ccc(C(F)(F)F)nc2n1-c1ccccc1. The molecule has 0 spiro atoms. The predicted molar refractivity (Wildman–Crippen MR) is 93.0 cm³/mol. The zero-order chi connectivity index (χ0) is 19.2. The molecule has 3 aromatic rings. The summed E-state index contributed by atoms with van der Waals surface area (Å²) >= 11 is 0. The third-order valence-corrected chi connectivity index (χ3v) is 4.49. The van der Waals surface area contributed by atoms with Crippen molar-refractivity contribution >= 4 is 16.9 Å². The number of aliphatic hydroxyl groups excluding tert-OH is 1. The number of aliphatic hydroxyl groups is 1. The second kappa shape index (κ2) is 6.34. The molecule has 0 amide bonds. The van der Waals surface area contributed by atoms with E-state index in [0.29, 0.717) is 24.0 Å². The van der Waals surface area contributed by atoms with Gasteiger partial charge in [0, 0.05) is 13.1 Å². The lowest BCUT2D eigenvalue weighted by Gasteiger charge is -2.20. The van der Waals surface area contributed by atoms with Crippen molar-refractivity contribution < 1.29 is 18.3 Å². The van der Waals surface area contributed by atoms with Gasteiger partial charge in [0.2, 0.25) is 0 Å². The van der Waals surface area contributed by atoms with Crippen LogP contribution in [0, 0.1) is 0 Å². The summed E-state index contributed by atoms with van der Waals surface area (Å²) in [5.41, 5.74) is -1.55. The Morgan fingerprint density at radius 2 is 1.81 bits per heavy atom. The van der Waals surface area contributed by atoms with Gasteiger partial charge in [0.25, 0.3) is 0 Å². The fraction of sp³-hybridized carbons (Fsp3) is 0.278. The molecule has 2 aromatic heterocycles. The highest BCUT2D eigenvalue weighted by molar-refractivity contribution is 5.88. The van der Waals surface area contributed by atoms with Gasteiger partial charge in [-0.15, -0.1) is 0 Å². The van der Waals surface area contributed by atoms with Crippen molar-refractivity contribution in [3.05, 3.63) is 58.6 Å². The van der Waals surface area contributed by atoms with Crippen LogP contribution in [0.25, 0.3) is 16.7 Å². The lowest BCUT2D eigenvalue weighted by molar-refractivity contribution is -0.141. The van der Waals surface area contributed by atoms with Crippen LogP contribution in [0.2, 0.25) is 0 Å². The number of anilines is 1. The predicted octanol–water partition coefficient (Wildman–Crippen LogP) is 2.37. The third-order valence-electron chi connectivity index (χ3n) is 4.49. The minimum atomic E-state index is -4.64. The number of alkyl halides is 3. The smallest absolute Gasteiger partial charge is 0.391 e. The number of pyridine rings is 1. The van der Waals surface area contributed by atoms with Crippen molar-refractivity contribution in [2.45, 2.75) is 18.7 Å². The van der Waals surface area contributed by atoms with Crippen LogP contribution >= 0.6 is 0 Å². The monoisotopic (exact) mass is 376 g/mol. The summed E-state index contributed by atoms with van der Waals surface area (Å²) in [7, 11) is 0. The second-order valence-corrected chi connectivity index (χ2v) is 6.34. The van der Waals surface area contributed by atoms with Gasteiger partial charge >= 0.3 is 11.9 Å². The van der Waals surface area contributed by atoms with Crippen molar-refractivity contribution in [2.24, 2.45) is 0 Å². The number of hydrogen-bond donors (Lipinski definition) is 1. The van der Waals surface area contributed by atoms with Gasteiger partial charge in [-0.1, -0.05) is 18.2 Å². The average Bonchev–Trinajstić information content (AvgIpc) is 3.06. The van der Waals surface area contributed by atoms with Crippen molar-refractivity contribution in [1.82, 2.24) is 14.5 Å². The van der Waals surface area contributed by atoms with Gasteiger partial charge in [0.15, 0.2) is 5.65 Å². The molecule has 1 fully saturated rings. The third kappa shape index (κ3) is 3.14. The van der Waals surface area contributed by atoms with Crippen molar-refractivity contribution in [2.75, 3.05) is 18.0 Å². The maximum absolute atomic E-state index is 13.2. The first-order chi connectivity index (χ1) is 12.8. The molecule has 0 aliphatic carbocycles. The maximum atomic E-state index is 13.2. The summed E-state index contributed by atoms with van der Waals surface area (Å²) in [5, 5.41) is 10.1. The Balaban J connectivity index is 2.02. The molecule has 1 aliphatic rings. The summed E-state index contributed by atoms with van der Waals surface area (Å²) in [5.74, 6) is 0.236. The molecule has 1 N–H and O–H groups in total. The van der Waals surface area contributed by atoms with E-state index in [4.69, 9.17) is 0 Å². The van der Waals surface area contributed by atoms with Gasteiger partial charge in [-0.2, -0.15) is 18.2 Å². The number of nitrogens with zero attached hydrogens (tertiary/aromatic N) is 4. The molecule has 4 rings (SSSR count). The quantitative estimate of drug-likeness (QED) is 0.744. The number of aromatic nitrogens is 3. The van der Waals surface area contributed by atoms with E-state index >= 15 is 0 Å². The molecule has 0 bridgehead atoms. The van der Waals surface area contributed by atoms with E-state index in [0.717, 1.165) is 10.6 Å². The van der Waals surface area contributed by atoms with Crippen molar-refractivity contribution in [1.29, 1.82) is 0 Å². The zero-order valence-electron chi connectivity index (χ0n) is 14.0. The van der Waals surface area contributed by atoms with E-state index in [9.17, 15) is 23.1 Å². The fourth-order valence-corrected chi connectivity index (χ4v) is 3.23. The highest BCUT2D eigenvalue weighted by atomic mass is 19.4. The summed E-state index contributed by atoms with van der Waals surface area (Å²) in [6.45, 7) is 0.719. The second-order valence-electron chi connectivity index (χ2n) is 6.34. The summed E-state index contributed by atoms with van der Waals surface area (Å²) < 4.78 is 40.7. The lowest BCUT2D eigenvalue weighted by atomic mass is 10.2. The van der Waals surface area contributed by atoms with Crippen LogP contribution in [0.1, 0.15) is 12.1 Å². The van der Waals surface area contributed by atoms with Crippen molar-refractivity contribution in [3.63, 3.8) is 0 Å². The average molecular weight is 376 g/mol. The number of fused-ring (bicyclic) bond motifs is 1. The highest BCUT2D eigenvalue weighted by Crippen LogP contribution is 2.32. The van der Waals surface area contributed by atoms with Crippen molar-refractivity contribution in [3.8, 4) is 5.69 Å². The number of halogens is 3. The normalized spacial score (nSPS) is 17.6. The van der Waals surface area contributed by atoms with Crippen LogP contribution < -0.4 is 10.6 Å². The first-order valence-corrected chi connectivity index (χ1v) is 8.34. The Morgan fingerprint density at radius 1 is 1.07 bits per heavy atom. The zero-order valence-corrected chi connectivity index (χ0v) is 14.0. The molecule has 0 unspecified atom stereocenters. The van der Waals surface area contributed by atoms with E-state index in [-0.39, 0.29) is 18.0 Å². The van der Waals surface area contributed by atoms with Gasteiger partial charge in [-0.25, -0.2) is 14.3 Å². The number of para-hydroxylation sites is 1. The number of hydrogen-bond acceptors (Lipinski definition) is 5. The molecule has 0 radical (unpaired) electrons. The van der Waals surface area contributed by atoms with Gasteiger partial charge in [0.05, 0.1) is 17.2 Å². The summed E-state index contributed by atoms with van der Waals surface area (Å²) in [6.07, 6.45) is -4.71. The fourth-order valence-electron chi connectivity index (χ4n) is 3.23. The number of benzene rings is 1. The molecule has 1 atom stereocenters. The van der Waals surface area contributed by atoms with Gasteiger partial charge < -0.3 is 10.0 Å². The Labute approximate surface area is 151 Å². The molecular weight excluding hydrogens is 361 g/mol. The van der Waals surface area contributed by atoms with E-state index in [1.165, 1.54) is 6.07 Å². The molecule has 27 heavy (non-hydrogen) atoms. The molecule has 0 saturated carbocycles. The van der Waals surface area contributed by atoms with E-state index < -0.39 is 23.7 Å². The molecular formula is C18H15F3N4O2. The minimum Gasteiger partial charge on any atom is -0.391 e. The molecule has 6 nitrogen and oxygen atoms in total. The molecule has 140 valence electrons. The lowest BCUT2D eigenvalue weighted by Crippen LogP contribution is -2.30. The Bertz CT molecular complexity index is 1050. The molecule has 1 saturated heterocycles. The van der Waals surface area contributed by atoms with Crippen LogP contribution in [-0.4, -0.2) is 38.8 Å². The highest BCUT2D eigenvalue weighted by Gasteiger charge is 2.34. The van der Waals surface area contributed by atoms with Crippen LogP contribution in [0.3, 0.4) is 0 Å². The summed E-state index contributed by atoms with van der Waals surface area (Å²) in [6, 6.07) is 10.4. The van der Waals surface area contributed by atoms with E-state index in [1.54, 1.807) is 35.2 Å². The Hall–Kier alpha value is -2.94. The van der Waals surface area contributed by atoms with Gasteiger partial charge in [-0.3, -0.25) is 0 Å². The Morgan fingerprint density at radius 3 is 2.44 bits per heavy atom. The summed E-state index contributed by atoms with van der Waals surface area (Å²) in [4.78, 5) is 22.2. The topological polar surface area (TPSA) is 71.2 Å². The van der Waals surface area contributed by atoms with Gasteiger partial charge in [0.1, 0.15) is 11.5 Å².